The van der Waals surface area contributed by atoms with E-state index in [1.807, 2.05) is 24.3 Å². The van der Waals surface area contributed by atoms with E-state index < -0.39 is 5.97 Å². The van der Waals surface area contributed by atoms with Crippen LogP contribution in [0.15, 0.2) is 30.5 Å². The highest BCUT2D eigenvalue weighted by atomic mass is 16.5. The van der Waals surface area contributed by atoms with Gasteiger partial charge in [-0.1, -0.05) is 6.07 Å². The summed E-state index contributed by atoms with van der Waals surface area (Å²) in [5, 5.41) is 11.8. The van der Waals surface area contributed by atoms with Crippen molar-refractivity contribution in [3.05, 3.63) is 30.5 Å². The zero-order valence-electron chi connectivity index (χ0n) is 13.2. The summed E-state index contributed by atoms with van der Waals surface area (Å²) < 4.78 is 5.38. The van der Waals surface area contributed by atoms with Crippen LogP contribution < -0.4 is 10.2 Å². The number of carboxylic acids is 1. The van der Waals surface area contributed by atoms with Crippen molar-refractivity contribution in [1.29, 1.82) is 0 Å². The number of pyridine rings is 1. The highest BCUT2D eigenvalue weighted by Crippen LogP contribution is 2.22. The van der Waals surface area contributed by atoms with Gasteiger partial charge in [0.25, 0.3) is 0 Å². The van der Waals surface area contributed by atoms with Crippen LogP contribution in [-0.2, 0) is 9.53 Å². The molecule has 2 N–H and O–H groups in total. The number of anilines is 2. The number of carboxylic acid groups (broad SMARTS) is 1. The van der Waals surface area contributed by atoms with E-state index in [1.165, 1.54) is 0 Å². The van der Waals surface area contributed by atoms with Crippen molar-refractivity contribution in [2.75, 3.05) is 43.1 Å². The Kier molecular flexibility index (Phi) is 5.17. The Morgan fingerprint density at radius 1 is 1.29 bits per heavy atom. The van der Waals surface area contributed by atoms with E-state index in [9.17, 15) is 4.79 Å². The third-order valence-electron chi connectivity index (χ3n) is 3.59. The van der Waals surface area contributed by atoms with Crippen molar-refractivity contribution in [3.63, 3.8) is 0 Å². The molecule has 0 amide bonds. The normalized spacial score (nSPS) is 14.4. The Labute approximate surface area is 139 Å². The molecule has 3 rings (SSSR count). The molecular formula is C16H19N5O3. The molecule has 0 radical (unpaired) electrons. The summed E-state index contributed by atoms with van der Waals surface area (Å²) in [5.41, 5.74) is 0.675. The highest BCUT2D eigenvalue weighted by Gasteiger charge is 2.16. The zero-order chi connectivity index (χ0) is 16.8. The van der Waals surface area contributed by atoms with Crippen molar-refractivity contribution in [3.8, 4) is 11.5 Å². The van der Waals surface area contributed by atoms with Gasteiger partial charge in [0.05, 0.1) is 19.6 Å². The number of hydrogen-bond donors (Lipinski definition) is 2. The van der Waals surface area contributed by atoms with Crippen LogP contribution in [-0.4, -0.2) is 58.9 Å². The summed E-state index contributed by atoms with van der Waals surface area (Å²) >= 11 is 0. The van der Waals surface area contributed by atoms with E-state index in [0.29, 0.717) is 37.1 Å². The Balaban J connectivity index is 1.88. The predicted molar refractivity (Wildman–Crippen MR) is 89.0 cm³/mol. The van der Waals surface area contributed by atoms with E-state index in [4.69, 9.17) is 9.84 Å². The van der Waals surface area contributed by atoms with Crippen molar-refractivity contribution in [2.24, 2.45) is 0 Å². The Hall–Kier alpha value is -2.74. The minimum absolute atomic E-state index is 0.0236. The van der Waals surface area contributed by atoms with Gasteiger partial charge in [-0.05, 0) is 12.1 Å². The molecule has 8 nitrogen and oxygen atoms in total. The van der Waals surface area contributed by atoms with E-state index in [1.54, 1.807) is 6.20 Å². The number of aliphatic carboxylic acids is 1. The third kappa shape index (κ3) is 4.17. The van der Waals surface area contributed by atoms with Crippen LogP contribution >= 0.6 is 0 Å². The van der Waals surface area contributed by atoms with E-state index in [-0.39, 0.29) is 6.42 Å². The molecule has 1 saturated heterocycles. The maximum atomic E-state index is 10.7. The molecule has 0 aliphatic carbocycles. The minimum Gasteiger partial charge on any atom is -0.481 e. The molecule has 0 spiro atoms. The summed E-state index contributed by atoms with van der Waals surface area (Å²) in [7, 11) is 0. The van der Waals surface area contributed by atoms with Crippen molar-refractivity contribution < 1.29 is 14.6 Å². The summed E-state index contributed by atoms with van der Waals surface area (Å²) in [6, 6.07) is 7.39. The Morgan fingerprint density at radius 2 is 2.12 bits per heavy atom. The van der Waals surface area contributed by atoms with Crippen molar-refractivity contribution in [2.45, 2.75) is 6.42 Å². The lowest BCUT2D eigenvalue weighted by atomic mass is 10.3. The molecule has 1 aliphatic rings. The molecule has 1 fully saturated rings. The summed E-state index contributed by atoms with van der Waals surface area (Å²) in [5.74, 6) is 1.03. The van der Waals surface area contributed by atoms with Crippen LogP contribution in [0.5, 0.6) is 0 Å². The Bertz CT molecular complexity index is 689. The van der Waals surface area contributed by atoms with Crippen LogP contribution in [0.1, 0.15) is 6.42 Å². The zero-order valence-corrected chi connectivity index (χ0v) is 13.2. The third-order valence-corrected chi connectivity index (χ3v) is 3.59. The first-order chi connectivity index (χ1) is 11.7. The number of ether oxygens (including phenoxy) is 1. The van der Waals surface area contributed by atoms with Crippen LogP contribution in [0, 0.1) is 0 Å². The van der Waals surface area contributed by atoms with Crippen molar-refractivity contribution in [1.82, 2.24) is 15.0 Å². The van der Waals surface area contributed by atoms with E-state index in [2.05, 4.69) is 25.2 Å². The van der Waals surface area contributed by atoms with E-state index >= 15 is 0 Å². The SMILES string of the molecule is O=C(O)CCNc1cc(N2CCOCC2)nc(-c2ccccn2)n1. The first kappa shape index (κ1) is 16.1. The molecule has 1 aliphatic heterocycles. The maximum absolute atomic E-state index is 10.7. The molecular weight excluding hydrogens is 310 g/mol. The summed E-state index contributed by atoms with van der Waals surface area (Å²) in [6.07, 6.45) is 1.72. The smallest absolute Gasteiger partial charge is 0.305 e. The molecule has 3 heterocycles. The number of nitrogens with zero attached hydrogens (tertiary/aromatic N) is 4. The number of nitrogens with one attached hydrogen (secondary N) is 1. The molecule has 24 heavy (non-hydrogen) atoms. The monoisotopic (exact) mass is 329 g/mol. The second kappa shape index (κ2) is 7.69. The lowest BCUT2D eigenvalue weighted by molar-refractivity contribution is -0.136. The maximum Gasteiger partial charge on any atom is 0.305 e. The number of morpholine rings is 1. The van der Waals surface area contributed by atoms with Gasteiger partial charge in [0, 0.05) is 31.9 Å². The largest absolute Gasteiger partial charge is 0.481 e. The fourth-order valence-electron chi connectivity index (χ4n) is 2.39. The van der Waals surface area contributed by atoms with Gasteiger partial charge in [0.2, 0.25) is 0 Å². The molecule has 0 aromatic carbocycles. The summed E-state index contributed by atoms with van der Waals surface area (Å²) in [6.45, 7) is 3.13. The average Bonchev–Trinajstić information content (AvgIpc) is 2.63. The molecule has 0 saturated carbocycles. The predicted octanol–water partition coefficient (Wildman–Crippen LogP) is 1.26. The van der Waals surface area contributed by atoms with Crippen molar-refractivity contribution >= 4 is 17.6 Å². The standard InChI is InChI=1S/C16H19N5O3/c22-15(23)4-6-18-13-11-14(21-7-9-24-10-8-21)20-16(19-13)12-3-1-2-5-17-12/h1-3,5,11H,4,6-10H2,(H,22,23)(H,18,19,20). The van der Waals surface area contributed by atoms with Crippen LogP contribution in [0.3, 0.4) is 0 Å². The molecule has 0 atom stereocenters. The molecule has 8 heteroatoms. The fourth-order valence-corrected chi connectivity index (χ4v) is 2.39. The van der Waals surface area contributed by atoms with Gasteiger partial charge < -0.3 is 20.1 Å². The molecule has 126 valence electrons. The van der Waals surface area contributed by atoms with Gasteiger partial charge in [-0.25, -0.2) is 9.97 Å². The number of aromatic nitrogens is 3. The molecule has 0 bridgehead atoms. The van der Waals surface area contributed by atoms with Gasteiger partial charge in [0.1, 0.15) is 17.3 Å². The van der Waals surface area contributed by atoms with E-state index in [0.717, 1.165) is 18.9 Å². The first-order valence-corrected chi connectivity index (χ1v) is 7.81. The topological polar surface area (TPSA) is 100 Å². The number of hydrogen-bond acceptors (Lipinski definition) is 7. The first-order valence-electron chi connectivity index (χ1n) is 7.81. The fraction of sp³-hybridized carbons (Fsp3) is 0.375. The second-order valence-corrected chi connectivity index (χ2v) is 5.32. The van der Waals surface area contributed by atoms with Gasteiger partial charge >= 0.3 is 5.97 Å². The second-order valence-electron chi connectivity index (χ2n) is 5.32. The van der Waals surface area contributed by atoms with Gasteiger partial charge in [0.15, 0.2) is 5.82 Å². The quantitative estimate of drug-likeness (QED) is 0.817. The lowest BCUT2D eigenvalue weighted by Gasteiger charge is -2.28. The number of carbonyl (C=O) groups is 1. The lowest BCUT2D eigenvalue weighted by Crippen LogP contribution is -2.37. The summed E-state index contributed by atoms with van der Waals surface area (Å²) in [4.78, 5) is 26.2. The average molecular weight is 329 g/mol. The van der Waals surface area contributed by atoms with Crippen LogP contribution in [0.2, 0.25) is 0 Å². The van der Waals surface area contributed by atoms with Gasteiger partial charge in [-0.15, -0.1) is 0 Å². The molecule has 2 aromatic rings. The van der Waals surface area contributed by atoms with Gasteiger partial charge in [-0.2, -0.15) is 0 Å². The Morgan fingerprint density at radius 3 is 2.83 bits per heavy atom. The van der Waals surface area contributed by atoms with Crippen LogP contribution in [0.4, 0.5) is 11.6 Å². The minimum atomic E-state index is -0.852. The van der Waals surface area contributed by atoms with Gasteiger partial charge in [-0.3, -0.25) is 9.78 Å². The molecule has 2 aromatic heterocycles. The number of rotatable bonds is 6. The highest BCUT2D eigenvalue weighted by molar-refractivity contribution is 5.67. The van der Waals surface area contributed by atoms with Crippen LogP contribution in [0.25, 0.3) is 11.5 Å². The molecule has 0 unspecified atom stereocenters.